The molecular formula is C22H29N5O. The van der Waals surface area contributed by atoms with Gasteiger partial charge in [0.1, 0.15) is 5.69 Å². The van der Waals surface area contributed by atoms with Gasteiger partial charge in [0, 0.05) is 19.6 Å². The Kier molecular flexibility index (Phi) is 7.51. The van der Waals surface area contributed by atoms with E-state index in [1.807, 2.05) is 24.3 Å². The molecule has 1 aromatic heterocycles. The van der Waals surface area contributed by atoms with Crippen molar-refractivity contribution >= 4 is 22.8 Å². The van der Waals surface area contributed by atoms with Crippen LogP contribution in [0.3, 0.4) is 0 Å². The van der Waals surface area contributed by atoms with Crippen LogP contribution in [-0.4, -0.2) is 35.5 Å². The molecule has 6 heteroatoms. The van der Waals surface area contributed by atoms with Gasteiger partial charge in [-0.25, -0.2) is 9.97 Å². The Morgan fingerprint density at radius 1 is 1.18 bits per heavy atom. The summed E-state index contributed by atoms with van der Waals surface area (Å²) in [7, 11) is 0. The van der Waals surface area contributed by atoms with Gasteiger partial charge in [-0.2, -0.15) is 5.26 Å². The largest absolute Gasteiger partial charge is 0.355 e. The standard InChI is InChI=1S/C22H29N5O/c1-6-11-24-22(28)17(12-23)20-21(27(13-15(2)3)14-16(4)5)26-19-10-8-7-9-18(19)25-20/h6-10,15-17H,1,11,13-14H2,2-5H3,(H,24,28)/t17-/m1/s1. The molecule has 0 unspecified atom stereocenters. The summed E-state index contributed by atoms with van der Waals surface area (Å²) in [6.07, 6.45) is 1.59. The molecule has 0 aliphatic heterocycles. The number of aromatic nitrogens is 2. The van der Waals surface area contributed by atoms with Crippen molar-refractivity contribution in [1.82, 2.24) is 15.3 Å². The van der Waals surface area contributed by atoms with Gasteiger partial charge >= 0.3 is 0 Å². The third kappa shape index (κ3) is 5.29. The minimum absolute atomic E-state index is 0.301. The van der Waals surface area contributed by atoms with Gasteiger partial charge in [0.25, 0.3) is 0 Å². The van der Waals surface area contributed by atoms with E-state index < -0.39 is 5.92 Å². The summed E-state index contributed by atoms with van der Waals surface area (Å²) in [5.74, 6) is -0.0115. The number of hydrogen-bond acceptors (Lipinski definition) is 5. The molecule has 1 heterocycles. The number of para-hydroxylation sites is 2. The van der Waals surface area contributed by atoms with Crippen molar-refractivity contribution in [1.29, 1.82) is 5.26 Å². The molecule has 0 radical (unpaired) electrons. The van der Waals surface area contributed by atoms with Crippen molar-refractivity contribution in [2.45, 2.75) is 33.6 Å². The second-order valence-electron chi connectivity index (χ2n) is 7.71. The Hall–Kier alpha value is -2.94. The second-order valence-corrected chi connectivity index (χ2v) is 7.71. The smallest absolute Gasteiger partial charge is 0.243 e. The highest BCUT2D eigenvalue weighted by atomic mass is 16.1. The molecule has 1 atom stereocenters. The summed E-state index contributed by atoms with van der Waals surface area (Å²) in [5.41, 5.74) is 1.83. The molecule has 0 aliphatic rings. The van der Waals surface area contributed by atoms with Gasteiger partial charge in [-0.15, -0.1) is 6.58 Å². The fraction of sp³-hybridized carbons (Fsp3) is 0.455. The van der Waals surface area contributed by atoms with E-state index in [4.69, 9.17) is 9.97 Å². The molecule has 6 nitrogen and oxygen atoms in total. The van der Waals surface area contributed by atoms with E-state index in [-0.39, 0.29) is 5.91 Å². The van der Waals surface area contributed by atoms with Crippen LogP contribution < -0.4 is 10.2 Å². The van der Waals surface area contributed by atoms with Gasteiger partial charge in [0.15, 0.2) is 11.7 Å². The Morgan fingerprint density at radius 3 is 2.25 bits per heavy atom. The number of carbonyl (C=O) groups is 1. The number of nitriles is 1. The van der Waals surface area contributed by atoms with E-state index in [0.717, 1.165) is 18.6 Å². The Bertz CT molecular complexity index is 859. The molecular weight excluding hydrogens is 350 g/mol. The van der Waals surface area contributed by atoms with Crippen molar-refractivity contribution in [3.8, 4) is 6.07 Å². The number of fused-ring (bicyclic) bond motifs is 1. The lowest BCUT2D eigenvalue weighted by Gasteiger charge is -2.29. The molecule has 148 valence electrons. The third-order valence-electron chi connectivity index (χ3n) is 4.13. The predicted octanol–water partition coefficient (Wildman–Crippen LogP) is 3.66. The van der Waals surface area contributed by atoms with Gasteiger partial charge in [-0.1, -0.05) is 45.9 Å². The monoisotopic (exact) mass is 379 g/mol. The molecule has 0 spiro atoms. The van der Waals surface area contributed by atoms with Gasteiger partial charge in [-0.05, 0) is 24.0 Å². The molecule has 0 saturated carbocycles. The minimum Gasteiger partial charge on any atom is -0.355 e. The zero-order chi connectivity index (χ0) is 20.7. The summed E-state index contributed by atoms with van der Waals surface area (Å²) < 4.78 is 0. The van der Waals surface area contributed by atoms with Crippen LogP contribution >= 0.6 is 0 Å². The highest BCUT2D eigenvalue weighted by molar-refractivity contribution is 5.89. The third-order valence-corrected chi connectivity index (χ3v) is 4.13. The molecule has 2 rings (SSSR count). The summed E-state index contributed by atoms with van der Waals surface area (Å²) in [6.45, 7) is 14.0. The number of nitrogens with zero attached hydrogens (tertiary/aromatic N) is 4. The molecule has 1 amide bonds. The molecule has 2 aromatic rings. The number of anilines is 1. The van der Waals surface area contributed by atoms with Crippen molar-refractivity contribution in [2.24, 2.45) is 11.8 Å². The first-order valence-electron chi connectivity index (χ1n) is 9.67. The van der Waals surface area contributed by atoms with Crippen LogP contribution in [0.1, 0.15) is 39.3 Å². The lowest BCUT2D eigenvalue weighted by Crippen LogP contribution is -2.35. The molecule has 0 saturated heterocycles. The number of amides is 1. The first-order valence-corrected chi connectivity index (χ1v) is 9.67. The van der Waals surface area contributed by atoms with Crippen molar-refractivity contribution < 1.29 is 4.79 Å². The van der Waals surface area contributed by atoms with E-state index >= 15 is 0 Å². The first-order chi connectivity index (χ1) is 13.4. The second kappa shape index (κ2) is 9.84. The summed E-state index contributed by atoms with van der Waals surface area (Å²) >= 11 is 0. The highest BCUT2D eigenvalue weighted by Gasteiger charge is 2.29. The number of benzene rings is 1. The van der Waals surface area contributed by atoms with E-state index in [9.17, 15) is 10.1 Å². The van der Waals surface area contributed by atoms with E-state index in [2.05, 4.69) is 50.6 Å². The Morgan fingerprint density at radius 2 is 1.75 bits per heavy atom. The summed E-state index contributed by atoms with van der Waals surface area (Å²) in [5, 5.41) is 12.5. The van der Waals surface area contributed by atoms with Crippen molar-refractivity contribution in [3.63, 3.8) is 0 Å². The SMILES string of the molecule is C=CCNC(=O)[C@H](C#N)c1nc2ccccc2nc1N(CC(C)C)CC(C)C. The zero-order valence-electron chi connectivity index (χ0n) is 17.1. The van der Waals surface area contributed by atoms with Crippen molar-refractivity contribution in [2.75, 3.05) is 24.5 Å². The summed E-state index contributed by atoms with van der Waals surface area (Å²) in [4.78, 5) is 24.3. The van der Waals surface area contributed by atoms with Crippen LogP contribution in [0.2, 0.25) is 0 Å². The van der Waals surface area contributed by atoms with E-state index in [1.165, 1.54) is 0 Å². The highest BCUT2D eigenvalue weighted by Crippen LogP contribution is 2.28. The van der Waals surface area contributed by atoms with E-state index in [0.29, 0.717) is 35.4 Å². The first kappa shape index (κ1) is 21.4. The topological polar surface area (TPSA) is 81.9 Å². The summed E-state index contributed by atoms with van der Waals surface area (Å²) in [6, 6.07) is 9.65. The minimum atomic E-state index is -1.03. The average molecular weight is 380 g/mol. The number of carbonyl (C=O) groups excluding carboxylic acids is 1. The Balaban J connectivity index is 2.63. The van der Waals surface area contributed by atoms with Crippen LogP contribution in [0, 0.1) is 23.2 Å². The molecule has 0 aliphatic carbocycles. The average Bonchev–Trinajstić information content (AvgIpc) is 2.65. The van der Waals surface area contributed by atoms with Gasteiger partial charge in [0.2, 0.25) is 5.91 Å². The maximum absolute atomic E-state index is 12.6. The maximum Gasteiger partial charge on any atom is 0.243 e. The number of rotatable bonds is 9. The zero-order valence-corrected chi connectivity index (χ0v) is 17.1. The molecule has 1 N–H and O–H groups in total. The van der Waals surface area contributed by atoms with E-state index in [1.54, 1.807) is 6.08 Å². The van der Waals surface area contributed by atoms with Crippen LogP contribution in [0.15, 0.2) is 36.9 Å². The molecule has 0 bridgehead atoms. The lowest BCUT2D eigenvalue weighted by molar-refractivity contribution is -0.121. The number of nitrogens with one attached hydrogen (secondary N) is 1. The molecule has 28 heavy (non-hydrogen) atoms. The molecule has 1 aromatic carbocycles. The van der Waals surface area contributed by atoms with Crippen LogP contribution in [0.25, 0.3) is 11.0 Å². The fourth-order valence-electron chi connectivity index (χ4n) is 3.08. The van der Waals surface area contributed by atoms with Gasteiger partial charge < -0.3 is 10.2 Å². The fourth-order valence-corrected chi connectivity index (χ4v) is 3.08. The van der Waals surface area contributed by atoms with Gasteiger partial charge in [-0.3, -0.25) is 4.79 Å². The number of hydrogen-bond donors (Lipinski definition) is 1. The van der Waals surface area contributed by atoms with Crippen LogP contribution in [0.4, 0.5) is 5.82 Å². The predicted molar refractivity (Wildman–Crippen MR) is 113 cm³/mol. The lowest BCUT2D eigenvalue weighted by atomic mass is 10.0. The van der Waals surface area contributed by atoms with Crippen molar-refractivity contribution in [3.05, 3.63) is 42.6 Å². The maximum atomic E-state index is 12.6. The normalized spacial score (nSPS) is 12.0. The van der Waals surface area contributed by atoms with Crippen LogP contribution in [-0.2, 0) is 4.79 Å². The van der Waals surface area contributed by atoms with Gasteiger partial charge in [0.05, 0.1) is 17.1 Å². The molecule has 0 fully saturated rings. The van der Waals surface area contributed by atoms with Crippen LogP contribution in [0.5, 0.6) is 0 Å². The quantitative estimate of drug-likeness (QED) is 0.673. The Labute approximate surface area is 167 Å².